The fraction of sp³-hybridized carbons (Fsp3) is 1.00. The van der Waals surface area contributed by atoms with Crippen LogP contribution in [-0.2, 0) is 0 Å². The van der Waals surface area contributed by atoms with Crippen LogP contribution in [0, 0.1) is 17.8 Å². The molecule has 0 aromatic rings. The van der Waals surface area contributed by atoms with Gasteiger partial charge >= 0.3 is 0 Å². The quantitative estimate of drug-likeness (QED) is 0.823. The van der Waals surface area contributed by atoms with Crippen molar-refractivity contribution in [3.63, 3.8) is 0 Å². The zero-order valence-corrected chi connectivity index (χ0v) is 13.3. The number of nitrogens with zero attached hydrogens (tertiary/aromatic N) is 1. The molecule has 0 spiro atoms. The lowest BCUT2D eigenvalue weighted by molar-refractivity contribution is 0.114. The highest BCUT2D eigenvalue weighted by atomic mass is 15.2. The van der Waals surface area contributed by atoms with Gasteiger partial charge in [0.1, 0.15) is 0 Å². The van der Waals surface area contributed by atoms with Crippen LogP contribution in [0.25, 0.3) is 0 Å². The van der Waals surface area contributed by atoms with Crippen molar-refractivity contribution in [1.29, 1.82) is 0 Å². The van der Waals surface area contributed by atoms with E-state index in [2.05, 4.69) is 25.7 Å². The van der Waals surface area contributed by atoms with E-state index in [-0.39, 0.29) is 0 Å². The fourth-order valence-electron chi connectivity index (χ4n) is 4.25. The number of hydrogen-bond acceptors (Lipinski definition) is 2. The average Bonchev–Trinajstić information content (AvgIpc) is 2.91. The van der Waals surface area contributed by atoms with Crippen molar-refractivity contribution in [3.05, 3.63) is 0 Å². The highest BCUT2D eigenvalue weighted by molar-refractivity contribution is 4.87. The van der Waals surface area contributed by atoms with E-state index < -0.39 is 0 Å². The van der Waals surface area contributed by atoms with E-state index >= 15 is 0 Å². The van der Waals surface area contributed by atoms with Crippen LogP contribution in [0.1, 0.15) is 65.7 Å². The summed E-state index contributed by atoms with van der Waals surface area (Å²) in [4.78, 5) is 2.74. The Labute approximate surface area is 120 Å². The third-order valence-corrected chi connectivity index (χ3v) is 5.74. The summed E-state index contributed by atoms with van der Waals surface area (Å²) in [6, 6.07) is 1.31. The van der Waals surface area contributed by atoms with Crippen LogP contribution >= 0.6 is 0 Å². The molecule has 2 saturated carbocycles. The maximum atomic E-state index is 6.42. The van der Waals surface area contributed by atoms with Crippen molar-refractivity contribution < 1.29 is 0 Å². The zero-order valence-electron chi connectivity index (χ0n) is 13.3. The van der Waals surface area contributed by atoms with Crippen molar-refractivity contribution in [3.8, 4) is 0 Å². The van der Waals surface area contributed by atoms with Gasteiger partial charge in [0.25, 0.3) is 0 Å². The average molecular weight is 266 g/mol. The fourth-order valence-corrected chi connectivity index (χ4v) is 4.25. The largest absolute Gasteiger partial charge is 0.327 e. The van der Waals surface area contributed by atoms with E-state index in [9.17, 15) is 0 Å². The first-order valence-corrected chi connectivity index (χ1v) is 8.61. The number of hydrogen-bond donors (Lipinski definition) is 1. The molecule has 2 aliphatic carbocycles. The van der Waals surface area contributed by atoms with Crippen molar-refractivity contribution in [2.75, 3.05) is 13.1 Å². The van der Waals surface area contributed by atoms with Gasteiger partial charge in [-0.15, -0.1) is 0 Å². The predicted molar refractivity (Wildman–Crippen MR) is 83.1 cm³/mol. The minimum atomic E-state index is 0.449. The van der Waals surface area contributed by atoms with Gasteiger partial charge in [0, 0.05) is 18.6 Å². The monoisotopic (exact) mass is 266 g/mol. The van der Waals surface area contributed by atoms with Crippen molar-refractivity contribution in [2.45, 2.75) is 77.8 Å². The summed E-state index contributed by atoms with van der Waals surface area (Å²) in [5, 5.41) is 0. The summed E-state index contributed by atoms with van der Waals surface area (Å²) in [6.45, 7) is 9.55. The second-order valence-corrected chi connectivity index (χ2v) is 7.27. The van der Waals surface area contributed by atoms with Gasteiger partial charge in [-0.1, -0.05) is 33.6 Å². The standard InChI is InChI=1S/C17H34N2/c1-4-19(16-7-5-6-8-16)12-15-11-14(13(2)3)9-10-17(15)18/h13-17H,4-12,18H2,1-3H3. The van der Waals surface area contributed by atoms with Gasteiger partial charge in [0.15, 0.2) is 0 Å². The molecule has 19 heavy (non-hydrogen) atoms. The Morgan fingerprint density at radius 2 is 1.79 bits per heavy atom. The third kappa shape index (κ3) is 3.95. The van der Waals surface area contributed by atoms with Gasteiger partial charge in [-0.25, -0.2) is 0 Å². The van der Waals surface area contributed by atoms with Crippen LogP contribution in [0.5, 0.6) is 0 Å². The lowest BCUT2D eigenvalue weighted by Crippen LogP contribution is -2.46. The third-order valence-electron chi connectivity index (χ3n) is 5.74. The smallest absolute Gasteiger partial charge is 0.00952 e. The Bertz CT molecular complexity index is 258. The first kappa shape index (κ1) is 15.3. The molecular formula is C17H34N2. The van der Waals surface area contributed by atoms with E-state index in [0.29, 0.717) is 6.04 Å². The molecule has 2 heteroatoms. The van der Waals surface area contributed by atoms with Gasteiger partial charge in [-0.05, 0) is 56.4 Å². The molecule has 2 rings (SSSR count). The van der Waals surface area contributed by atoms with Crippen molar-refractivity contribution >= 4 is 0 Å². The minimum Gasteiger partial charge on any atom is -0.327 e. The molecule has 2 N–H and O–H groups in total. The first-order valence-electron chi connectivity index (χ1n) is 8.61. The Balaban J connectivity index is 1.90. The molecule has 0 amide bonds. The van der Waals surface area contributed by atoms with Crippen LogP contribution in [0.2, 0.25) is 0 Å². The molecular weight excluding hydrogens is 232 g/mol. The highest BCUT2D eigenvalue weighted by Gasteiger charge is 2.32. The van der Waals surface area contributed by atoms with Crippen LogP contribution in [-0.4, -0.2) is 30.1 Å². The lowest BCUT2D eigenvalue weighted by Gasteiger charge is -2.40. The normalized spacial score (nSPS) is 33.5. The molecule has 2 aliphatic rings. The molecule has 2 fully saturated rings. The topological polar surface area (TPSA) is 29.3 Å². The molecule has 3 atom stereocenters. The molecule has 0 aromatic carbocycles. The van der Waals surface area contributed by atoms with Crippen LogP contribution < -0.4 is 5.73 Å². The maximum Gasteiger partial charge on any atom is 0.00952 e. The first-order chi connectivity index (χ1) is 9.11. The Morgan fingerprint density at radius 3 is 2.37 bits per heavy atom. The van der Waals surface area contributed by atoms with Gasteiger partial charge < -0.3 is 10.6 Å². The Morgan fingerprint density at radius 1 is 1.11 bits per heavy atom. The molecule has 0 aromatic heterocycles. The number of rotatable bonds is 5. The van der Waals surface area contributed by atoms with Gasteiger partial charge in [0.2, 0.25) is 0 Å². The van der Waals surface area contributed by atoms with E-state index in [4.69, 9.17) is 5.73 Å². The summed E-state index contributed by atoms with van der Waals surface area (Å²) in [7, 11) is 0. The lowest BCUT2D eigenvalue weighted by atomic mass is 9.73. The molecule has 112 valence electrons. The van der Waals surface area contributed by atoms with Gasteiger partial charge in [-0.3, -0.25) is 0 Å². The van der Waals surface area contributed by atoms with Crippen LogP contribution in [0.15, 0.2) is 0 Å². The summed E-state index contributed by atoms with van der Waals surface area (Å²) in [5.74, 6) is 2.48. The molecule has 0 aliphatic heterocycles. The minimum absolute atomic E-state index is 0.449. The second kappa shape index (κ2) is 7.08. The van der Waals surface area contributed by atoms with Gasteiger partial charge in [-0.2, -0.15) is 0 Å². The van der Waals surface area contributed by atoms with E-state index in [0.717, 1.165) is 23.8 Å². The zero-order chi connectivity index (χ0) is 13.8. The summed E-state index contributed by atoms with van der Waals surface area (Å²) >= 11 is 0. The molecule has 0 heterocycles. The Hall–Kier alpha value is -0.0800. The maximum absolute atomic E-state index is 6.42. The van der Waals surface area contributed by atoms with E-state index in [1.165, 1.54) is 58.0 Å². The molecule has 2 nitrogen and oxygen atoms in total. The SMILES string of the molecule is CCN(CC1CC(C(C)C)CCC1N)C1CCCC1. The van der Waals surface area contributed by atoms with Crippen molar-refractivity contribution in [2.24, 2.45) is 23.5 Å². The molecule has 3 unspecified atom stereocenters. The number of nitrogens with two attached hydrogens (primary N) is 1. The summed E-state index contributed by atoms with van der Waals surface area (Å²) in [6.07, 6.45) is 9.68. The van der Waals surface area contributed by atoms with Crippen LogP contribution in [0.4, 0.5) is 0 Å². The molecule has 0 radical (unpaired) electrons. The van der Waals surface area contributed by atoms with Gasteiger partial charge in [0.05, 0.1) is 0 Å². The predicted octanol–water partition coefficient (Wildman–Crippen LogP) is 3.65. The highest BCUT2D eigenvalue weighted by Crippen LogP contribution is 2.34. The molecule has 0 bridgehead atoms. The van der Waals surface area contributed by atoms with E-state index in [1.807, 2.05) is 0 Å². The van der Waals surface area contributed by atoms with Crippen molar-refractivity contribution in [1.82, 2.24) is 4.90 Å². The molecule has 0 saturated heterocycles. The Kier molecular flexibility index (Phi) is 5.70. The second-order valence-electron chi connectivity index (χ2n) is 7.27. The van der Waals surface area contributed by atoms with Crippen LogP contribution in [0.3, 0.4) is 0 Å². The van der Waals surface area contributed by atoms with E-state index in [1.54, 1.807) is 0 Å². The summed E-state index contributed by atoms with van der Waals surface area (Å²) < 4.78 is 0. The summed E-state index contributed by atoms with van der Waals surface area (Å²) in [5.41, 5.74) is 6.42.